The number of carbonyl (C=O) groups is 1. The molecular weight excluding hydrogens is 449 g/mol. The van der Waals surface area contributed by atoms with E-state index in [1.807, 2.05) is 17.5 Å². The highest BCUT2D eigenvalue weighted by atomic mass is 35.5. The first-order chi connectivity index (χ1) is 15.0. The van der Waals surface area contributed by atoms with Crippen molar-refractivity contribution in [2.45, 2.75) is 6.54 Å². The third-order valence-corrected chi connectivity index (χ3v) is 7.29. The van der Waals surface area contributed by atoms with Crippen LogP contribution in [-0.4, -0.2) is 30.3 Å². The van der Waals surface area contributed by atoms with Gasteiger partial charge in [-0.2, -0.15) is 0 Å². The second kappa shape index (κ2) is 8.32. The number of carbonyl (C=O) groups excluding carboxylic acids is 1. The Balaban J connectivity index is 1.30. The number of rotatable bonds is 5. The second-order valence-electron chi connectivity index (χ2n) is 8.04. The molecule has 1 atom stereocenters. The number of fused-ring (bicyclic) bond motifs is 1. The van der Waals surface area contributed by atoms with Crippen LogP contribution in [0.15, 0.2) is 65.7 Å². The molecule has 0 spiro atoms. The number of nitrogen functional groups attached to an aromatic ring is 1. The molecule has 0 bridgehead atoms. The number of likely N-dealkylation sites (tertiary alicyclic amines) is 1. The van der Waals surface area contributed by atoms with E-state index in [1.54, 1.807) is 24.3 Å². The summed E-state index contributed by atoms with van der Waals surface area (Å²) >= 11 is 13.4. The monoisotopic (exact) mass is 469 g/mol. The van der Waals surface area contributed by atoms with Gasteiger partial charge in [0.05, 0.1) is 10.6 Å². The van der Waals surface area contributed by atoms with Crippen LogP contribution in [-0.2, 0) is 6.54 Å². The fourth-order valence-electron chi connectivity index (χ4n) is 4.40. The number of nitrogens with two attached hydrogens (primary N) is 1. The van der Waals surface area contributed by atoms with Crippen molar-refractivity contribution in [3.05, 3.63) is 92.4 Å². The summed E-state index contributed by atoms with van der Waals surface area (Å²) in [7, 11) is 0. The quantitative estimate of drug-likeness (QED) is 0.486. The lowest BCUT2D eigenvalue weighted by molar-refractivity contribution is 0.103. The molecular formula is C24H21Cl2N3OS. The van der Waals surface area contributed by atoms with Crippen LogP contribution < -0.4 is 10.6 Å². The number of thiophene rings is 1. The third-order valence-electron chi connectivity index (χ3n) is 5.93. The zero-order valence-electron chi connectivity index (χ0n) is 16.7. The lowest BCUT2D eigenvalue weighted by Crippen LogP contribution is -2.26. The van der Waals surface area contributed by atoms with Crippen molar-refractivity contribution in [2.75, 3.05) is 30.3 Å². The van der Waals surface area contributed by atoms with Crippen molar-refractivity contribution < 1.29 is 4.79 Å². The van der Waals surface area contributed by atoms with Gasteiger partial charge in [0.15, 0.2) is 5.78 Å². The van der Waals surface area contributed by atoms with Crippen LogP contribution in [0.3, 0.4) is 0 Å². The molecule has 0 aliphatic carbocycles. The van der Waals surface area contributed by atoms with Gasteiger partial charge in [-0.05, 0) is 65.0 Å². The van der Waals surface area contributed by atoms with E-state index in [-0.39, 0.29) is 5.78 Å². The maximum Gasteiger partial charge on any atom is 0.196 e. The van der Waals surface area contributed by atoms with Crippen molar-refractivity contribution in [1.29, 1.82) is 0 Å². The van der Waals surface area contributed by atoms with E-state index in [2.05, 4.69) is 28.1 Å². The number of halogens is 2. The Bertz CT molecular complexity index is 1150. The van der Waals surface area contributed by atoms with Crippen LogP contribution in [0.25, 0.3) is 0 Å². The standard InChI is InChI=1S/C24H21Cl2N3OS/c25-19-3-1-15(2-4-19)23(30)22-18(14-31-24(22)27)11-28-9-16-12-29(13-17(16)10-28)21-7-5-20(26)6-8-21/h1-8,12,14,17H,9-11,13,27H2. The molecule has 0 radical (unpaired) electrons. The van der Waals surface area contributed by atoms with E-state index < -0.39 is 0 Å². The summed E-state index contributed by atoms with van der Waals surface area (Å²) in [6, 6.07) is 14.9. The first-order valence-corrected chi connectivity index (χ1v) is 11.7. The molecule has 1 unspecified atom stereocenters. The zero-order chi connectivity index (χ0) is 21.5. The number of nitrogens with zero attached hydrogens (tertiary/aromatic N) is 2. The van der Waals surface area contributed by atoms with Crippen LogP contribution in [0.1, 0.15) is 21.5 Å². The number of anilines is 2. The molecule has 5 rings (SSSR count). The van der Waals surface area contributed by atoms with E-state index >= 15 is 0 Å². The van der Waals surface area contributed by atoms with Gasteiger partial charge in [0.1, 0.15) is 0 Å². The summed E-state index contributed by atoms with van der Waals surface area (Å²) in [5.74, 6) is 0.458. The van der Waals surface area contributed by atoms with E-state index in [0.29, 0.717) is 27.1 Å². The number of hydrogen-bond donors (Lipinski definition) is 1. The number of benzene rings is 2. The fourth-order valence-corrected chi connectivity index (χ4v) is 5.45. The Kier molecular flexibility index (Phi) is 5.52. The smallest absolute Gasteiger partial charge is 0.196 e. The number of ketones is 1. The molecule has 3 aromatic rings. The molecule has 4 nitrogen and oxygen atoms in total. The van der Waals surface area contributed by atoms with Crippen molar-refractivity contribution in [2.24, 2.45) is 5.92 Å². The molecule has 2 aromatic carbocycles. The van der Waals surface area contributed by atoms with E-state index in [0.717, 1.165) is 36.8 Å². The van der Waals surface area contributed by atoms with Crippen LogP contribution >= 0.6 is 34.5 Å². The van der Waals surface area contributed by atoms with Crippen molar-refractivity contribution in [3.8, 4) is 0 Å². The highest BCUT2D eigenvalue weighted by Gasteiger charge is 2.34. The maximum absolute atomic E-state index is 13.1. The molecule has 31 heavy (non-hydrogen) atoms. The Morgan fingerprint density at radius 3 is 2.39 bits per heavy atom. The summed E-state index contributed by atoms with van der Waals surface area (Å²) in [4.78, 5) is 17.8. The van der Waals surface area contributed by atoms with Gasteiger partial charge >= 0.3 is 0 Å². The first kappa shape index (κ1) is 20.6. The van der Waals surface area contributed by atoms with Gasteiger partial charge in [-0.3, -0.25) is 9.69 Å². The maximum atomic E-state index is 13.1. The van der Waals surface area contributed by atoms with Crippen LogP contribution in [0.5, 0.6) is 0 Å². The van der Waals surface area contributed by atoms with E-state index in [1.165, 1.54) is 22.6 Å². The summed E-state index contributed by atoms with van der Waals surface area (Å²) < 4.78 is 0. The minimum atomic E-state index is -0.0436. The Morgan fingerprint density at radius 1 is 1.03 bits per heavy atom. The molecule has 0 saturated carbocycles. The van der Waals surface area contributed by atoms with Crippen LogP contribution in [0.4, 0.5) is 10.7 Å². The molecule has 158 valence electrons. The van der Waals surface area contributed by atoms with Crippen molar-refractivity contribution in [3.63, 3.8) is 0 Å². The molecule has 1 saturated heterocycles. The Hall–Kier alpha value is -2.31. The highest BCUT2D eigenvalue weighted by molar-refractivity contribution is 7.14. The molecule has 3 heterocycles. The highest BCUT2D eigenvalue weighted by Crippen LogP contribution is 2.35. The SMILES string of the molecule is Nc1scc(CN2CC3=CN(c4ccc(Cl)cc4)CC3C2)c1C(=O)c1ccc(Cl)cc1. The first-order valence-electron chi connectivity index (χ1n) is 10.1. The predicted octanol–water partition coefficient (Wildman–Crippen LogP) is 5.70. The third kappa shape index (κ3) is 4.11. The van der Waals surface area contributed by atoms with Crippen molar-refractivity contribution in [1.82, 2.24) is 4.90 Å². The topological polar surface area (TPSA) is 49.6 Å². The average Bonchev–Trinajstić information content (AvgIpc) is 3.42. The van der Waals surface area contributed by atoms with Gasteiger partial charge in [0.2, 0.25) is 0 Å². The van der Waals surface area contributed by atoms with Gasteiger partial charge < -0.3 is 10.6 Å². The van der Waals surface area contributed by atoms with Crippen molar-refractivity contribution >= 4 is 51.0 Å². The van der Waals surface area contributed by atoms with Gasteiger partial charge in [-0.1, -0.05) is 23.2 Å². The predicted molar refractivity (Wildman–Crippen MR) is 129 cm³/mol. The van der Waals surface area contributed by atoms with Gasteiger partial charge in [-0.15, -0.1) is 11.3 Å². The Labute approximate surface area is 195 Å². The fraction of sp³-hybridized carbons (Fsp3) is 0.208. The summed E-state index contributed by atoms with van der Waals surface area (Å²) in [5.41, 5.74) is 11.0. The summed E-state index contributed by atoms with van der Waals surface area (Å²) in [6.45, 7) is 3.56. The number of hydrogen-bond acceptors (Lipinski definition) is 5. The minimum Gasteiger partial charge on any atom is -0.390 e. The normalized spacial score (nSPS) is 18.3. The molecule has 2 aliphatic rings. The van der Waals surface area contributed by atoms with Gasteiger partial charge in [0, 0.05) is 59.6 Å². The Morgan fingerprint density at radius 2 is 1.71 bits per heavy atom. The summed E-state index contributed by atoms with van der Waals surface area (Å²) in [6.07, 6.45) is 2.26. The van der Waals surface area contributed by atoms with E-state index in [9.17, 15) is 4.79 Å². The van der Waals surface area contributed by atoms with E-state index in [4.69, 9.17) is 28.9 Å². The van der Waals surface area contributed by atoms with Crippen LogP contribution in [0, 0.1) is 5.92 Å². The molecule has 2 N–H and O–H groups in total. The van der Waals surface area contributed by atoms with Crippen LogP contribution in [0.2, 0.25) is 10.0 Å². The summed E-state index contributed by atoms with van der Waals surface area (Å²) in [5, 5.41) is 3.95. The zero-order valence-corrected chi connectivity index (χ0v) is 19.1. The van der Waals surface area contributed by atoms with Gasteiger partial charge in [-0.25, -0.2) is 0 Å². The second-order valence-corrected chi connectivity index (χ2v) is 9.82. The van der Waals surface area contributed by atoms with Gasteiger partial charge in [0.25, 0.3) is 0 Å². The average molecular weight is 470 g/mol. The largest absolute Gasteiger partial charge is 0.390 e. The molecule has 1 aromatic heterocycles. The molecule has 0 amide bonds. The molecule has 1 fully saturated rings. The minimum absolute atomic E-state index is 0.0436. The molecule has 7 heteroatoms. The molecule has 2 aliphatic heterocycles. The lowest BCUT2D eigenvalue weighted by atomic mass is 10.0. The lowest BCUT2D eigenvalue weighted by Gasteiger charge is -2.21.